The number of hydrogen-bond acceptors (Lipinski definition) is 6. The number of nitrogens with zero attached hydrogens (tertiary/aromatic N) is 4. The zero-order valence-corrected chi connectivity index (χ0v) is 15.2. The quantitative estimate of drug-likeness (QED) is 0.513. The number of ether oxygens (including phenoxy) is 1. The summed E-state index contributed by atoms with van der Waals surface area (Å²) in [6.45, 7) is 3.27. The lowest BCUT2D eigenvalue weighted by atomic mass is 10.1. The van der Waals surface area contributed by atoms with Crippen molar-refractivity contribution in [1.29, 1.82) is 0 Å². The third-order valence-electron chi connectivity index (χ3n) is 4.43. The van der Waals surface area contributed by atoms with Gasteiger partial charge in [-0.25, -0.2) is 0 Å². The molecule has 1 aromatic heterocycles. The number of rotatable bonds is 3. The number of para-hydroxylation sites is 1. The molecule has 0 unspecified atom stereocenters. The van der Waals surface area contributed by atoms with E-state index in [1.54, 1.807) is 12.1 Å². The molecular weight excluding hydrogens is 360 g/mol. The van der Waals surface area contributed by atoms with Crippen molar-refractivity contribution in [2.45, 2.75) is 20.1 Å². The number of benzene rings is 2. The molecule has 1 amide bonds. The van der Waals surface area contributed by atoms with Gasteiger partial charge in [-0.3, -0.25) is 19.9 Å². The van der Waals surface area contributed by atoms with Crippen LogP contribution in [0.25, 0.3) is 10.9 Å². The standard InChI is InChI=1S/C20H16N4O4/c1-12-11-17(16-5-3-4-6-18(16)21-12)19-22-23(13(2)25)20(28-19)14-7-9-15(10-8-14)24(26)27/h3-11,20H,1-2H3/t20-/m0/s1. The number of amides is 1. The van der Waals surface area contributed by atoms with Crippen molar-refractivity contribution >= 4 is 28.4 Å². The number of fused-ring (bicyclic) bond motifs is 1. The van der Waals surface area contributed by atoms with E-state index in [-0.39, 0.29) is 11.6 Å². The number of hydrazone groups is 1. The highest BCUT2D eigenvalue weighted by Crippen LogP contribution is 2.33. The lowest BCUT2D eigenvalue weighted by Gasteiger charge is -2.19. The average molecular weight is 376 g/mol. The number of carbonyl (C=O) groups excluding carboxylic acids is 1. The van der Waals surface area contributed by atoms with Crippen LogP contribution in [-0.2, 0) is 9.53 Å². The van der Waals surface area contributed by atoms with Gasteiger partial charge in [0, 0.05) is 41.3 Å². The SMILES string of the molecule is CC(=O)N1N=C(c2cc(C)nc3ccccc23)O[C@H]1c1ccc([N+](=O)[O-])cc1. The highest BCUT2D eigenvalue weighted by Gasteiger charge is 2.34. The molecule has 2 heterocycles. The summed E-state index contributed by atoms with van der Waals surface area (Å²) < 4.78 is 6.03. The van der Waals surface area contributed by atoms with Crippen molar-refractivity contribution in [2.75, 3.05) is 0 Å². The summed E-state index contributed by atoms with van der Waals surface area (Å²) in [5.41, 5.74) is 2.89. The highest BCUT2D eigenvalue weighted by molar-refractivity contribution is 6.07. The van der Waals surface area contributed by atoms with Gasteiger partial charge in [0.1, 0.15) is 0 Å². The Labute approximate surface area is 160 Å². The van der Waals surface area contributed by atoms with E-state index in [0.717, 1.165) is 22.2 Å². The first-order valence-electron chi connectivity index (χ1n) is 8.60. The smallest absolute Gasteiger partial charge is 0.269 e. The molecule has 1 atom stereocenters. The van der Waals surface area contributed by atoms with E-state index in [1.165, 1.54) is 24.1 Å². The van der Waals surface area contributed by atoms with Gasteiger partial charge < -0.3 is 4.74 Å². The number of hydrogen-bond donors (Lipinski definition) is 0. The van der Waals surface area contributed by atoms with E-state index >= 15 is 0 Å². The van der Waals surface area contributed by atoms with Crippen LogP contribution in [0.3, 0.4) is 0 Å². The number of aryl methyl sites for hydroxylation is 1. The summed E-state index contributed by atoms with van der Waals surface area (Å²) in [4.78, 5) is 27.0. The molecule has 1 aliphatic heterocycles. The first-order valence-corrected chi connectivity index (χ1v) is 8.60. The number of carbonyl (C=O) groups is 1. The normalized spacial score (nSPS) is 16.0. The molecule has 3 aromatic rings. The van der Waals surface area contributed by atoms with Crippen LogP contribution < -0.4 is 0 Å². The Bertz CT molecular complexity index is 1120. The topological polar surface area (TPSA) is 97.9 Å². The zero-order chi connectivity index (χ0) is 19.8. The maximum absolute atomic E-state index is 12.1. The average Bonchev–Trinajstić information content (AvgIpc) is 3.13. The van der Waals surface area contributed by atoms with Gasteiger partial charge in [-0.1, -0.05) is 18.2 Å². The fraction of sp³-hybridized carbons (Fsp3) is 0.150. The van der Waals surface area contributed by atoms with Crippen molar-refractivity contribution in [2.24, 2.45) is 5.10 Å². The van der Waals surface area contributed by atoms with Crippen LogP contribution in [0.5, 0.6) is 0 Å². The van der Waals surface area contributed by atoms with Crippen molar-refractivity contribution in [3.63, 3.8) is 0 Å². The van der Waals surface area contributed by atoms with Crippen molar-refractivity contribution in [3.8, 4) is 0 Å². The van der Waals surface area contributed by atoms with Crippen LogP contribution in [0.4, 0.5) is 5.69 Å². The Morgan fingerprint density at radius 3 is 2.57 bits per heavy atom. The van der Waals surface area contributed by atoms with Crippen molar-refractivity contribution in [3.05, 3.63) is 81.5 Å². The number of pyridine rings is 1. The summed E-state index contributed by atoms with van der Waals surface area (Å²) in [5, 5.41) is 17.4. The molecular formula is C20H16N4O4. The molecule has 8 heteroatoms. The number of nitro groups is 1. The van der Waals surface area contributed by atoms with E-state index in [0.29, 0.717) is 11.5 Å². The number of aromatic nitrogens is 1. The van der Waals surface area contributed by atoms with Crippen LogP contribution >= 0.6 is 0 Å². The fourth-order valence-corrected chi connectivity index (χ4v) is 3.14. The molecule has 0 fully saturated rings. The number of nitro benzene ring substituents is 1. The minimum Gasteiger partial charge on any atom is -0.446 e. The third-order valence-corrected chi connectivity index (χ3v) is 4.43. The lowest BCUT2D eigenvalue weighted by Crippen LogP contribution is -2.25. The van der Waals surface area contributed by atoms with Crippen molar-refractivity contribution in [1.82, 2.24) is 9.99 Å². The highest BCUT2D eigenvalue weighted by atomic mass is 16.6. The van der Waals surface area contributed by atoms with Crippen LogP contribution in [0.15, 0.2) is 59.7 Å². The third kappa shape index (κ3) is 3.05. The van der Waals surface area contributed by atoms with Gasteiger partial charge in [0.05, 0.1) is 10.4 Å². The van der Waals surface area contributed by atoms with Gasteiger partial charge >= 0.3 is 0 Å². The second kappa shape index (κ2) is 6.73. The minimum absolute atomic E-state index is 0.0342. The summed E-state index contributed by atoms with van der Waals surface area (Å²) in [7, 11) is 0. The fourth-order valence-electron chi connectivity index (χ4n) is 3.14. The molecule has 8 nitrogen and oxygen atoms in total. The van der Waals surface area contributed by atoms with E-state index in [2.05, 4.69) is 10.1 Å². The monoisotopic (exact) mass is 376 g/mol. The second-order valence-electron chi connectivity index (χ2n) is 6.42. The predicted molar refractivity (Wildman–Crippen MR) is 102 cm³/mol. The Balaban J connectivity index is 1.76. The van der Waals surface area contributed by atoms with Crippen LogP contribution in [-0.4, -0.2) is 26.7 Å². The molecule has 2 aromatic carbocycles. The maximum atomic E-state index is 12.1. The van der Waals surface area contributed by atoms with Crippen LogP contribution in [0, 0.1) is 17.0 Å². The van der Waals surface area contributed by atoms with Gasteiger partial charge in [-0.05, 0) is 31.2 Å². The molecule has 0 saturated heterocycles. The molecule has 4 rings (SSSR count). The Morgan fingerprint density at radius 2 is 1.89 bits per heavy atom. The molecule has 0 spiro atoms. The Kier molecular flexibility index (Phi) is 4.23. The summed E-state index contributed by atoms with van der Waals surface area (Å²) in [6.07, 6.45) is -0.791. The molecule has 140 valence electrons. The number of non-ortho nitro benzene ring substituents is 1. The van der Waals surface area contributed by atoms with Gasteiger partial charge in [0.15, 0.2) is 0 Å². The van der Waals surface area contributed by atoms with E-state index in [4.69, 9.17) is 4.74 Å². The maximum Gasteiger partial charge on any atom is 0.269 e. The van der Waals surface area contributed by atoms with Crippen LogP contribution in [0.1, 0.15) is 30.0 Å². The predicted octanol–water partition coefficient (Wildman–Crippen LogP) is 3.69. The van der Waals surface area contributed by atoms with E-state index in [1.807, 2.05) is 37.3 Å². The molecule has 0 bridgehead atoms. The van der Waals surface area contributed by atoms with Gasteiger partial charge in [0.2, 0.25) is 18.0 Å². The molecule has 0 aliphatic carbocycles. The summed E-state index contributed by atoms with van der Waals surface area (Å²) in [6, 6.07) is 15.4. The molecule has 0 saturated carbocycles. The molecule has 28 heavy (non-hydrogen) atoms. The van der Waals surface area contributed by atoms with Gasteiger partial charge in [-0.2, -0.15) is 5.01 Å². The minimum atomic E-state index is -0.791. The van der Waals surface area contributed by atoms with Gasteiger partial charge in [-0.15, -0.1) is 5.10 Å². The largest absolute Gasteiger partial charge is 0.446 e. The van der Waals surface area contributed by atoms with E-state index in [9.17, 15) is 14.9 Å². The summed E-state index contributed by atoms with van der Waals surface area (Å²) >= 11 is 0. The van der Waals surface area contributed by atoms with Crippen LogP contribution in [0.2, 0.25) is 0 Å². The van der Waals surface area contributed by atoms with Gasteiger partial charge in [0.25, 0.3) is 5.69 Å². The molecule has 1 aliphatic rings. The Hall–Kier alpha value is -3.81. The second-order valence-corrected chi connectivity index (χ2v) is 6.42. The molecule has 0 N–H and O–H groups in total. The summed E-state index contributed by atoms with van der Waals surface area (Å²) in [5.74, 6) is 0.00805. The molecule has 0 radical (unpaired) electrons. The first kappa shape index (κ1) is 17.6. The lowest BCUT2D eigenvalue weighted by molar-refractivity contribution is -0.384. The van der Waals surface area contributed by atoms with E-state index < -0.39 is 11.2 Å². The zero-order valence-electron chi connectivity index (χ0n) is 15.2. The van der Waals surface area contributed by atoms with Crippen molar-refractivity contribution < 1.29 is 14.5 Å². The first-order chi connectivity index (χ1) is 13.4. The Morgan fingerprint density at radius 1 is 1.18 bits per heavy atom.